The Morgan fingerprint density at radius 2 is 1.61 bits per heavy atom. The van der Waals surface area contributed by atoms with Gasteiger partial charge in [0.25, 0.3) is 0 Å². The molecule has 1 aliphatic carbocycles. The van der Waals surface area contributed by atoms with Gasteiger partial charge < -0.3 is 13.7 Å². The quantitative estimate of drug-likeness (QED) is 0.146. The van der Waals surface area contributed by atoms with Crippen LogP contribution in [-0.2, 0) is 9.31 Å². The van der Waals surface area contributed by atoms with Gasteiger partial charge in [0.2, 0.25) is 0 Å². The molecular formula is C35H35BN2O3. The number of hydrogen-bond acceptors (Lipinski definition) is 4. The molecule has 6 heteroatoms. The Balaban J connectivity index is 1.52. The smallest absolute Gasteiger partial charge is 0.456 e. The van der Waals surface area contributed by atoms with Crippen LogP contribution in [0.15, 0.2) is 112 Å². The molecule has 1 saturated heterocycles. The number of aliphatic imine (C=N–C) groups is 2. The van der Waals surface area contributed by atoms with Gasteiger partial charge in [-0.3, -0.25) is 0 Å². The molecule has 0 saturated carbocycles. The summed E-state index contributed by atoms with van der Waals surface area (Å²) < 4.78 is 19.1. The van der Waals surface area contributed by atoms with Crippen LogP contribution < -0.4 is 5.46 Å². The standard InChI is InChI=1S/C35H35BN2O3/c1-23(25-14-9-7-10-15-25)37-33(38-24(2)26-16-11-8-12-17-26)28-18-13-19-31-32(28)29-22-27(20-21-30(29)39-31)36-40-34(3,4)35(5,6)41-36/h7,9-11,13-22H,1,8,12H2,2-6H3/b37-33-,38-24+. The van der Waals surface area contributed by atoms with Crippen molar-refractivity contribution in [1.29, 1.82) is 0 Å². The van der Waals surface area contributed by atoms with Crippen molar-refractivity contribution >= 4 is 51.8 Å². The highest BCUT2D eigenvalue weighted by molar-refractivity contribution is 6.62. The van der Waals surface area contributed by atoms with Gasteiger partial charge in [0.05, 0.1) is 16.9 Å². The largest absolute Gasteiger partial charge is 0.494 e. The zero-order valence-corrected chi connectivity index (χ0v) is 24.4. The molecule has 0 bridgehead atoms. The average Bonchev–Trinajstić information content (AvgIpc) is 3.45. The molecular weight excluding hydrogens is 507 g/mol. The third kappa shape index (κ3) is 5.14. The van der Waals surface area contributed by atoms with E-state index in [1.165, 1.54) is 0 Å². The lowest BCUT2D eigenvalue weighted by Gasteiger charge is -2.32. The number of hydrogen-bond donors (Lipinski definition) is 0. The first kappa shape index (κ1) is 27.2. The second kappa shape index (κ2) is 10.4. The van der Waals surface area contributed by atoms with Gasteiger partial charge in [-0.05, 0) is 76.2 Å². The van der Waals surface area contributed by atoms with Crippen molar-refractivity contribution in [3.63, 3.8) is 0 Å². The molecule has 0 N–H and O–H groups in total. The predicted molar refractivity (Wildman–Crippen MR) is 171 cm³/mol. The topological polar surface area (TPSA) is 56.3 Å². The number of allylic oxidation sites excluding steroid dienone is 4. The normalized spacial score (nSPS) is 18.8. The van der Waals surface area contributed by atoms with Gasteiger partial charge in [-0.15, -0.1) is 0 Å². The van der Waals surface area contributed by atoms with Gasteiger partial charge in [-0.2, -0.15) is 0 Å². The molecule has 1 aromatic heterocycles. The Hall–Kier alpha value is -4.00. The van der Waals surface area contributed by atoms with Crippen LogP contribution in [0.2, 0.25) is 0 Å². The van der Waals surface area contributed by atoms with Gasteiger partial charge in [-0.1, -0.05) is 79.4 Å². The number of amidine groups is 1. The number of furan rings is 1. The molecule has 2 aliphatic rings. The molecule has 0 spiro atoms. The fourth-order valence-electron chi connectivity index (χ4n) is 5.23. The Morgan fingerprint density at radius 3 is 2.32 bits per heavy atom. The lowest BCUT2D eigenvalue weighted by atomic mass is 9.78. The van der Waals surface area contributed by atoms with Crippen LogP contribution in [-0.4, -0.2) is 29.9 Å². The molecule has 2 heterocycles. The van der Waals surface area contributed by atoms with Crippen LogP contribution in [0.1, 0.15) is 58.6 Å². The first-order chi connectivity index (χ1) is 19.6. The van der Waals surface area contributed by atoms with E-state index in [0.717, 1.165) is 62.7 Å². The molecule has 0 radical (unpaired) electrons. The van der Waals surface area contributed by atoms with Crippen LogP contribution in [0, 0.1) is 0 Å². The van der Waals surface area contributed by atoms with Crippen LogP contribution in [0.3, 0.4) is 0 Å². The number of rotatable bonds is 5. The minimum absolute atomic E-state index is 0.428. The summed E-state index contributed by atoms with van der Waals surface area (Å²) in [6, 6.07) is 22.1. The Morgan fingerprint density at radius 1 is 0.854 bits per heavy atom. The average molecular weight is 542 g/mol. The van der Waals surface area contributed by atoms with Crippen molar-refractivity contribution in [2.45, 2.75) is 58.7 Å². The van der Waals surface area contributed by atoms with Gasteiger partial charge >= 0.3 is 7.12 Å². The first-order valence-corrected chi connectivity index (χ1v) is 14.2. The maximum atomic E-state index is 6.36. The van der Waals surface area contributed by atoms with Crippen molar-refractivity contribution in [3.8, 4) is 0 Å². The molecule has 0 amide bonds. The molecule has 5 nitrogen and oxygen atoms in total. The van der Waals surface area contributed by atoms with Gasteiger partial charge in [-0.25, -0.2) is 9.98 Å². The van der Waals surface area contributed by atoms with Crippen molar-refractivity contribution < 1.29 is 13.7 Å². The Kier molecular flexibility index (Phi) is 6.92. The van der Waals surface area contributed by atoms with Gasteiger partial charge in [0.1, 0.15) is 11.2 Å². The maximum absolute atomic E-state index is 6.36. The zero-order chi connectivity index (χ0) is 28.8. The molecule has 0 unspecified atom stereocenters. The SMILES string of the molecule is C=C(/N=C(\N=C(/C)C1=CCCC=C1)c1cccc2oc3ccc(B4OC(C)(C)C(C)(C)O4)cc3c12)c1ccccc1. The van der Waals surface area contributed by atoms with E-state index < -0.39 is 18.3 Å². The summed E-state index contributed by atoms with van der Waals surface area (Å²) in [6.45, 7) is 14.6. The zero-order valence-electron chi connectivity index (χ0n) is 24.4. The van der Waals surface area contributed by atoms with E-state index in [2.05, 4.69) is 64.6 Å². The molecule has 4 aromatic rings. The van der Waals surface area contributed by atoms with E-state index in [4.69, 9.17) is 23.7 Å². The molecule has 6 rings (SSSR count). The fourth-order valence-corrected chi connectivity index (χ4v) is 5.23. The van der Waals surface area contributed by atoms with Crippen molar-refractivity contribution in [2.24, 2.45) is 9.98 Å². The molecule has 1 fully saturated rings. The second-order valence-corrected chi connectivity index (χ2v) is 11.7. The van der Waals surface area contributed by atoms with Gasteiger partial charge in [0.15, 0.2) is 5.84 Å². The van der Waals surface area contributed by atoms with Crippen molar-refractivity contribution in [3.05, 3.63) is 108 Å². The highest BCUT2D eigenvalue weighted by atomic mass is 16.7. The van der Waals surface area contributed by atoms with E-state index in [0.29, 0.717) is 11.5 Å². The lowest BCUT2D eigenvalue weighted by molar-refractivity contribution is 0.00578. The Labute approximate surface area is 242 Å². The highest BCUT2D eigenvalue weighted by Gasteiger charge is 2.51. The minimum Gasteiger partial charge on any atom is -0.456 e. The van der Waals surface area contributed by atoms with Gasteiger partial charge in [0, 0.05) is 22.0 Å². The number of benzene rings is 3. The number of fused-ring (bicyclic) bond motifs is 3. The maximum Gasteiger partial charge on any atom is 0.494 e. The van der Waals surface area contributed by atoms with Crippen LogP contribution in [0.5, 0.6) is 0 Å². The monoisotopic (exact) mass is 542 g/mol. The summed E-state index contributed by atoms with van der Waals surface area (Å²) in [5.41, 5.74) is 6.13. The third-order valence-corrected chi connectivity index (χ3v) is 8.32. The third-order valence-electron chi connectivity index (χ3n) is 8.32. The molecule has 206 valence electrons. The first-order valence-electron chi connectivity index (χ1n) is 14.2. The Bertz CT molecular complexity index is 1760. The predicted octanol–water partition coefficient (Wildman–Crippen LogP) is 8.04. The van der Waals surface area contributed by atoms with E-state index in [-0.39, 0.29) is 0 Å². The summed E-state index contributed by atoms with van der Waals surface area (Å²) in [4.78, 5) is 10.1. The summed E-state index contributed by atoms with van der Waals surface area (Å²) in [6.07, 6.45) is 8.61. The van der Waals surface area contributed by atoms with E-state index in [9.17, 15) is 0 Å². The summed E-state index contributed by atoms with van der Waals surface area (Å²) in [5.74, 6) is 0.588. The lowest BCUT2D eigenvalue weighted by Crippen LogP contribution is -2.41. The minimum atomic E-state index is -0.474. The van der Waals surface area contributed by atoms with Crippen LogP contribution in [0.25, 0.3) is 27.6 Å². The van der Waals surface area contributed by atoms with Crippen LogP contribution in [0.4, 0.5) is 0 Å². The molecule has 1 aliphatic heterocycles. The van der Waals surface area contributed by atoms with Crippen molar-refractivity contribution in [2.75, 3.05) is 0 Å². The van der Waals surface area contributed by atoms with E-state index in [1.54, 1.807) is 0 Å². The van der Waals surface area contributed by atoms with E-state index >= 15 is 0 Å². The molecule has 41 heavy (non-hydrogen) atoms. The number of nitrogens with zero attached hydrogens (tertiary/aromatic N) is 2. The highest BCUT2D eigenvalue weighted by Crippen LogP contribution is 2.38. The van der Waals surface area contributed by atoms with E-state index in [1.807, 2.05) is 61.5 Å². The molecule has 3 aromatic carbocycles. The summed E-state index contributed by atoms with van der Waals surface area (Å²) >= 11 is 0. The second-order valence-electron chi connectivity index (χ2n) is 11.7. The van der Waals surface area contributed by atoms with Crippen molar-refractivity contribution in [1.82, 2.24) is 0 Å². The van der Waals surface area contributed by atoms with Crippen LogP contribution >= 0.6 is 0 Å². The molecule has 0 atom stereocenters. The summed E-state index contributed by atoms with van der Waals surface area (Å²) in [5, 5.41) is 1.91. The summed E-state index contributed by atoms with van der Waals surface area (Å²) in [7, 11) is -0.474. The fraction of sp³-hybridized carbons (Fsp3) is 0.257.